The first-order valence-corrected chi connectivity index (χ1v) is 22.3. The Labute approximate surface area is 417 Å². The molecule has 0 saturated carbocycles. The van der Waals surface area contributed by atoms with Crippen LogP contribution in [0, 0.1) is 0 Å². The molecule has 342 valence electrons. The summed E-state index contributed by atoms with van der Waals surface area (Å²) in [6.07, 6.45) is 0.706. The van der Waals surface area contributed by atoms with Gasteiger partial charge in [-0.3, -0.25) is 28.8 Å². The lowest BCUT2D eigenvalue weighted by atomic mass is 10.0. The van der Waals surface area contributed by atoms with Crippen LogP contribution in [0.4, 0.5) is 34.1 Å². The maximum absolute atomic E-state index is 13.6. The van der Waals surface area contributed by atoms with Gasteiger partial charge in [-0.15, -0.1) is 0 Å². The van der Waals surface area contributed by atoms with Gasteiger partial charge in [-0.05, 0) is 111 Å². The lowest BCUT2D eigenvalue weighted by Crippen LogP contribution is -2.33. The number of amides is 4. The van der Waals surface area contributed by atoms with Gasteiger partial charge in [0.15, 0.2) is 11.6 Å². The van der Waals surface area contributed by atoms with E-state index in [2.05, 4.69) is 41.7 Å². The van der Waals surface area contributed by atoms with Crippen molar-refractivity contribution in [1.82, 2.24) is 0 Å². The van der Waals surface area contributed by atoms with Gasteiger partial charge in [0.1, 0.15) is 0 Å². The lowest BCUT2D eigenvalue weighted by molar-refractivity contribution is -0.127. The zero-order chi connectivity index (χ0) is 48.6. The van der Waals surface area contributed by atoms with E-state index >= 15 is 0 Å². The standard InChI is InChI=1S/C44H34Cl8N8O6/c1-5-21-11-34(54-44(66)40(20(4)62)60-58-30-10-24(8-26(46)14-30)42(64)56-36-18-28(48)16-32(50)38(36)52)22(6-2)12-33(21)53-43(65)39(19(3)61)59-57-29-9-23(7-25(45)13-29)41(63)55-35-17-27(47)15-31(49)37(35)51/h7-18,39-40H,5-6H2,1-4H3,(H,53,65)(H,54,66)(H,55,63)(H,56,64). The Morgan fingerprint density at radius 1 is 0.455 bits per heavy atom. The van der Waals surface area contributed by atoms with Crippen molar-refractivity contribution in [1.29, 1.82) is 0 Å². The van der Waals surface area contributed by atoms with Gasteiger partial charge >= 0.3 is 0 Å². The molecule has 0 heterocycles. The summed E-state index contributed by atoms with van der Waals surface area (Å²) >= 11 is 49.3. The van der Waals surface area contributed by atoms with Crippen LogP contribution in [0.2, 0.25) is 40.2 Å². The van der Waals surface area contributed by atoms with E-state index in [1.165, 1.54) is 60.7 Å². The molecule has 22 heteroatoms. The fourth-order valence-corrected chi connectivity index (χ4v) is 7.76. The van der Waals surface area contributed by atoms with Gasteiger partial charge in [0.2, 0.25) is 12.1 Å². The molecule has 0 aliphatic rings. The number of carbonyl (C=O) groups excluding carboxylic acids is 6. The van der Waals surface area contributed by atoms with Gasteiger partial charge in [0.25, 0.3) is 23.6 Å². The average Bonchev–Trinajstić information content (AvgIpc) is 3.24. The third-order valence-electron chi connectivity index (χ3n) is 9.22. The van der Waals surface area contributed by atoms with Crippen molar-refractivity contribution in [3.8, 4) is 0 Å². The molecule has 4 amide bonds. The lowest BCUT2D eigenvalue weighted by Gasteiger charge is -2.18. The highest BCUT2D eigenvalue weighted by Gasteiger charge is 2.27. The summed E-state index contributed by atoms with van der Waals surface area (Å²) in [5.41, 5.74) is 2.24. The van der Waals surface area contributed by atoms with Crippen molar-refractivity contribution >= 4 is 162 Å². The molecule has 2 unspecified atom stereocenters. The first-order chi connectivity index (χ1) is 31.2. The molecule has 66 heavy (non-hydrogen) atoms. The second-order valence-corrected chi connectivity index (χ2v) is 17.4. The number of aryl methyl sites for hydroxylation is 2. The van der Waals surface area contributed by atoms with Gasteiger partial charge in [-0.1, -0.05) is 107 Å². The predicted molar refractivity (Wildman–Crippen MR) is 262 cm³/mol. The van der Waals surface area contributed by atoms with E-state index in [9.17, 15) is 28.8 Å². The van der Waals surface area contributed by atoms with Crippen LogP contribution in [-0.4, -0.2) is 47.3 Å². The smallest absolute Gasteiger partial charge is 0.258 e. The molecular weight excluding hydrogens is 1020 g/mol. The van der Waals surface area contributed by atoms with Crippen molar-refractivity contribution in [2.45, 2.75) is 52.6 Å². The second-order valence-electron chi connectivity index (χ2n) is 14.1. The summed E-state index contributed by atoms with van der Waals surface area (Å²) in [6, 6.07) is 13.8. The van der Waals surface area contributed by atoms with E-state index < -0.39 is 47.3 Å². The number of rotatable bonds is 16. The molecule has 0 aliphatic carbocycles. The fourth-order valence-electron chi connectivity index (χ4n) is 6.00. The van der Waals surface area contributed by atoms with Crippen LogP contribution in [0.25, 0.3) is 0 Å². The Bertz CT molecular complexity index is 2670. The SMILES string of the molecule is CCc1cc(NC(=O)C(N=Nc2cc(Cl)cc(C(=O)Nc3cc(Cl)cc(Cl)c3Cl)c2)C(C)=O)c(CC)cc1NC(=O)C(N=Nc1cc(Cl)cc(C(=O)Nc2cc(Cl)cc(Cl)c2Cl)c1)C(C)=O. The molecule has 0 fully saturated rings. The number of ketones is 2. The number of hydrogen-bond donors (Lipinski definition) is 4. The largest absolute Gasteiger partial charge is 0.323 e. The molecule has 0 aromatic heterocycles. The summed E-state index contributed by atoms with van der Waals surface area (Å²) in [7, 11) is 0. The Morgan fingerprint density at radius 3 is 1.14 bits per heavy atom. The molecule has 5 aromatic rings. The zero-order valence-electron chi connectivity index (χ0n) is 34.8. The van der Waals surface area contributed by atoms with Crippen LogP contribution in [0.3, 0.4) is 0 Å². The first kappa shape index (κ1) is 51.8. The highest BCUT2D eigenvalue weighted by Crippen LogP contribution is 2.36. The van der Waals surface area contributed by atoms with Gasteiger partial charge < -0.3 is 21.3 Å². The fraction of sp³-hybridized carbons (Fsp3) is 0.182. The van der Waals surface area contributed by atoms with Crippen LogP contribution >= 0.6 is 92.8 Å². The van der Waals surface area contributed by atoms with Crippen molar-refractivity contribution < 1.29 is 28.8 Å². The topological polar surface area (TPSA) is 200 Å². The van der Waals surface area contributed by atoms with Crippen LogP contribution in [-0.2, 0) is 32.0 Å². The molecule has 4 N–H and O–H groups in total. The third-order valence-corrected chi connectivity index (χ3v) is 11.7. The number of Topliss-reactive ketones (excluding diaryl/α,β-unsaturated/α-hetero) is 2. The molecule has 2 atom stereocenters. The Hall–Kier alpha value is -5.16. The van der Waals surface area contributed by atoms with Crippen molar-refractivity contribution in [2.75, 3.05) is 21.3 Å². The maximum Gasteiger partial charge on any atom is 0.258 e. The number of carbonyl (C=O) groups is 6. The van der Waals surface area contributed by atoms with Gasteiger partial charge in [0, 0.05) is 42.6 Å². The molecule has 5 rings (SSSR count). The van der Waals surface area contributed by atoms with Crippen LogP contribution in [0.5, 0.6) is 0 Å². The summed E-state index contributed by atoms with van der Waals surface area (Å²) in [4.78, 5) is 78.9. The van der Waals surface area contributed by atoms with Crippen molar-refractivity contribution in [3.05, 3.63) is 135 Å². The first-order valence-electron chi connectivity index (χ1n) is 19.3. The number of benzene rings is 5. The van der Waals surface area contributed by atoms with E-state index in [1.807, 2.05) is 0 Å². The van der Waals surface area contributed by atoms with Crippen LogP contribution in [0.1, 0.15) is 59.5 Å². The maximum atomic E-state index is 13.6. The molecule has 0 saturated heterocycles. The Balaban J connectivity index is 1.32. The Morgan fingerprint density at radius 2 is 0.803 bits per heavy atom. The number of hydrogen-bond acceptors (Lipinski definition) is 10. The molecule has 0 aliphatic heterocycles. The number of azo groups is 2. The summed E-state index contributed by atoms with van der Waals surface area (Å²) in [5, 5.41) is 27.8. The molecular formula is C44H34Cl8N8O6. The zero-order valence-corrected chi connectivity index (χ0v) is 40.8. The number of nitrogens with one attached hydrogen (secondary N) is 4. The van der Waals surface area contributed by atoms with E-state index in [4.69, 9.17) is 92.8 Å². The third kappa shape index (κ3) is 13.5. The van der Waals surface area contributed by atoms with Gasteiger partial charge in [-0.25, -0.2) is 0 Å². The monoisotopic (exact) mass is 1050 g/mol. The number of halogens is 8. The van der Waals surface area contributed by atoms with E-state index in [0.29, 0.717) is 35.3 Å². The van der Waals surface area contributed by atoms with Crippen molar-refractivity contribution in [2.24, 2.45) is 20.5 Å². The second kappa shape index (κ2) is 23.0. The molecule has 0 radical (unpaired) electrons. The van der Waals surface area contributed by atoms with Gasteiger partial charge in [-0.2, -0.15) is 20.5 Å². The highest BCUT2D eigenvalue weighted by atomic mass is 35.5. The average molecular weight is 1050 g/mol. The molecule has 5 aromatic carbocycles. The minimum absolute atomic E-state index is 0.0436. The number of anilines is 4. The van der Waals surface area contributed by atoms with E-state index in [0.717, 1.165) is 13.8 Å². The Kier molecular flexibility index (Phi) is 18.1. The summed E-state index contributed by atoms with van der Waals surface area (Å²) in [6.45, 7) is 5.93. The minimum atomic E-state index is -1.62. The van der Waals surface area contributed by atoms with Gasteiger partial charge in [0.05, 0.1) is 42.8 Å². The normalized spacial score (nSPS) is 12.2. The summed E-state index contributed by atoms with van der Waals surface area (Å²) in [5.74, 6) is -4.20. The molecule has 0 spiro atoms. The van der Waals surface area contributed by atoms with Crippen LogP contribution < -0.4 is 21.3 Å². The van der Waals surface area contributed by atoms with E-state index in [-0.39, 0.29) is 74.1 Å². The van der Waals surface area contributed by atoms with E-state index in [1.54, 1.807) is 26.0 Å². The highest BCUT2D eigenvalue weighted by molar-refractivity contribution is 6.46. The minimum Gasteiger partial charge on any atom is -0.323 e. The number of nitrogens with zero attached hydrogens (tertiary/aromatic N) is 4. The molecule has 14 nitrogen and oxygen atoms in total. The molecule has 0 bridgehead atoms. The summed E-state index contributed by atoms with van der Waals surface area (Å²) < 4.78 is 0. The van der Waals surface area contributed by atoms with Crippen LogP contribution in [0.15, 0.2) is 93.3 Å². The van der Waals surface area contributed by atoms with Crippen molar-refractivity contribution in [3.63, 3.8) is 0 Å². The predicted octanol–water partition coefficient (Wildman–Crippen LogP) is 13.9. The quantitative estimate of drug-likeness (QED) is 0.0430.